The van der Waals surface area contributed by atoms with Gasteiger partial charge in [0.15, 0.2) is 0 Å². The van der Waals surface area contributed by atoms with Crippen LogP contribution in [-0.2, 0) is 4.79 Å². The van der Waals surface area contributed by atoms with E-state index in [9.17, 15) is 15.0 Å². The number of carboxylic acid groups (broad SMARTS) is 1. The summed E-state index contributed by atoms with van der Waals surface area (Å²) in [4.78, 5) is 11.2. The number of hydrogen-bond acceptors (Lipinski definition) is 3. The predicted octanol–water partition coefficient (Wildman–Crippen LogP) is 4.83. The average molecular weight is 393 g/mol. The van der Waals surface area contributed by atoms with Gasteiger partial charge in [0, 0.05) is 6.42 Å². The first-order chi connectivity index (χ1) is 13.1. The number of aliphatic carboxylic acids is 1. The molecule has 0 spiro atoms. The molecule has 0 aromatic carbocycles. The van der Waals surface area contributed by atoms with E-state index in [1.165, 1.54) is 57.8 Å². The Labute approximate surface area is 170 Å². The number of aliphatic hydroxyl groups is 2. The smallest absolute Gasteiger partial charge is 0.364 e. The molecule has 0 aromatic rings. The van der Waals surface area contributed by atoms with Crippen LogP contribution in [0, 0.1) is 46.3 Å². The highest BCUT2D eigenvalue weighted by Crippen LogP contribution is 2.68. The maximum atomic E-state index is 11.2. The molecule has 0 saturated heterocycles. The van der Waals surface area contributed by atoms with Gasteiger partial charge in [-0.3, -0.25) is 0 Å². The zero-order chi connectivity index (χ0) is 20.3. The van der Waals surface area contributed by atoms with Gasteiger partial charge in [0.2, 0.25) is 0 Å². The van der Waals surface area contributed by atoms with Gasteiger partial charge in [0.25, 0.3) is 5.79 Å². The highest BCUT2D eigenvalue weighted by atomic mass is 16.5. The number of carbonyl (C=O) groups is 1. The molecule has 28 heavy (non-hydrogen) atoms. The second-order valence-electron chi connectivity index (χ2n) is 11.4. The van der Waals surface area contributed by atoms with Crippen molar-refractivity contribution < 1.29 is 20.1 Å². The van der Waals surface area contributed by atoms with E-state index in [0.717, 1.165) is 30.1 Å². The van der Waals surface area contributed by atoms with Crippen LogP contribution < -0.4 is 0 Å². The first kappa shape index (κ1) is 20.7. The molecule has 8 atom stereocenters. The van der Waals surface area contributed by atoms with Gasteiger partial charge in [-0.1, -0.05) is 33.6 Å². The molecular formula is C24H40O4. The van der Waals surface area contributed by atoms with Crippen LogP contribution in [0.3, 0.4) is 0 Å². The van der Waals surface area contributed by atoms with Crippen molar-refractivity contribution in [3.63, 3.8) is 0 Å². The fraction of sp³-hybridized carbons (Fsp3) is 0.958. The van der Waals surface area contributed by atoms with Crippen LogP contribution >= 0.6 is 0 Å². The molecule has 0 amide bonds. The lowest BCUT2D eigenvalue weighted by molar-refractivity contribution is -0.211. The van der Waals surface area contributed by atoms with Gasteiger partial charge in [0.1, 0.15) is 0 Å². The largest absolute Gasteiger partial charge is 0.477 e. The van der Waals surface area contributed by atoms with Crippen LogP contribution in [0.1, 0.15) is 91.4 Å². The summed E-state index contributed by atoms with van der Waals surface area (Å²) in [6.07, 6.45) is 13.3. The molecular weight excluding hydrogens is 352 g/mol. The third-order valence-electron chi connectivity index (χ3n) is 10.3. The zero-order valence-corrected chi connectivity index (χ0v) is 18.0. The predicted molar refractivity (Wildman–Crippen MR) is 108 cm³/mol. The summed E-state index contributed by atoms with van der Waals surface area (Å²) in [5.41, 5.74) is 0.772. The average Bonchev–Trinajstić information content (AvgIpc) is 2.98. The number of hydrogen-bond donors (Lipinski definition) is 3. The Morgan fingerprint density at radius 3 is 2.39 bits per heavy atom. The van der Waals surface area contributed by atoms with Crippen molar-refractivity contribution in [3.05, 3.63) is 0 Å². The first-order valence-corrected chi connectivity index (χ1v) is 11.8. The SMILES string of the molecule is CC(CC(O)(O)C(=O)O)[C@H]1CC[C@H]2[C@@H]3CCC4CCCC[C@]4(C)[C@H]3CC[C@]12C. The van der Waals surface area contributed by atoms with Crippen molar-refractivity contribution in [3.8, 4) is 0 Å². The fourth-order valence-electron chi connectivity index (χ4n) is 8.95. The van der Waals surface area contributed by atoms with Crippen molar-refractivity contribution in [1.82, 2.24) is 0 Å². The van der Waals surface area contributed by atoms with E-state index in [4.69, 9.17) is 5.11 Å². The summed E-state index contributed by atoms with van der Waals surface area (Å²) in [5, 5.41) is 28.9. The molecule has 4 rings (SSSR count). The molecule has 0 aromatic heterocycles. The summed E-state index contributed by atoms with van der Waals surface area (Å²) in [6, 6.07) is 0. The minimum absolute atomic E-state index is 0.0132. The maximum Gasteiger partial charge on any atom is 0.364 e. The van der Waals surface area contributed by atoms with Gasteiger partial charge in [0.05, 0.1) is 0 Å². The first-order valence-electron chi connectivity index (χ1n) is 11.8. The maximum absolute atomic E-state index is 11.2. The Morgan fingerprint density at radius 1 is 0.964 bits per heavy atom. The standard InChI is InChI=1S/C24H40O4/c1-15(14-24(27,28)21(25)26)18-9-10-19-17-8-7-16-6-4-5-12-22(16,2)20(17)11-13-23(18,19)3/h15-20,27-28H,4-14H2,1-3H3,(H,25,26)/t15?,16?,17-,18+,19-,20-,22-,23+/m0/s1. The molecule has 4 saturated carbocycles. The number of rotatable bonds is 4. The minimum atomic E-state index is -2.60. The molecule has 0 aliphatic heterocycles. The van der Waals surface area contributed by atoms with Crippen LogP contribution in [0.25, 0.3) is 0 Å². The summed E-state index contributed by atoms with van der Waals surface area (Å²) < 4.78 is 0. The van der Waals surface area contributed by atoms with Crippen LogP contribution in [0.5, 0.6) is 0 Å². The number of fused-ring (bicyclic) bond motifs is 5. The lowest BCUT2D eigenvalue weighted by atomic mass is 9.44. The van der Waals surface area contributed by atoms with Crippen LogP contribution in [0.4, 0.5) is 0 Å². The third kappa shape index (κ3) is 3.05. The highest BCUT2D eigenvalue weighted by Gasteiger charge is 2.60. The van der Waals surface area contributed by atoms with Crippen molar-refractivity contribution in [2.45, 2.75) is 97.2 Å². The van der Waals surface area contributed by atoms with Gasteiger partial charge >= 0.3 is 5.97 Å². The Balaban J connectivity index is 1.53. The fourth-order valence-corrected chi connectivity index (χ4v) is 8.95. The molecule has 4 fully saturated rings. The monoisotopic (exact) mass is 392 g/mol. The molecule has 4 aliphatic carbocycles. The summed E-state index contributed by atoms with van der Waals surface area (Å²) in [5.74, 6) is -0.356. The van der Waals surface area contributed by atoms with Gasteiger partial charge in [-0.15, -0.1) is 0 Å². The lowest BCUT2D eigenvalue weighted by Crippen LogP contribution is -2.53. The van der Waals surface area contributed by atoms with Gasteiger partial charge in [-0.2, -0.15) is 0 Å². The lowest BCUT2D eigenvalue weighted by Gasteiger charge is -2.61. The normalized spacial score (nSPS) is 47.0. The molecule has 0 radical (unpaired) electrons. The Hall–Kier alpha value is -0.610. The van der Waals surface area contributed by atoms with Crippen molar-refractivity contribution in [1.29, 1.82) is 0 Å². The zero-order valence-electron chi connectivity index (χ0n) is 18.0. The second kappa shape index (κ2) is 6.97. The van der Waals surface area contributed by atoms with Gasteiger partial charge in [-0.05, 0) is 97.7 Å². The Bertz CT molecular complexity index is 616. The summed E-state index contributed by atoms with van der Waals surface area (Å²) in [7, 11) is 0. The van der Waals surface area contributed by atoms with Gasteiger partial charge < -0.3 is 15.3 Å². The summed E-state index contributed by atoms with van der Waals surface area (Å²) in [6.45, 7) is 7.08. The third-order valence-corrected chi connectivity index (χ3v) is 10.3. The van der Waals surface area contributed by atoms with Crippen LogP contribution in [-0.4, -0.2) is 27.1 Å². The van der Waals surface area contributed by atoms with E-state index >= 15 is 0 Å². The quantitative estimate of drug-likeness (QED) is 0.599. The van der Waals surface area contributed by atoms with Crippen molar-refractivity contribution in [2.24, 2.45) is 46.3 Å². The van der Waals surface area contributed by atoms with Crippen molar-refractivity contribution in [2.75, 3.05) is 0 Å². The Kier molecular flexibility index (Phi) is 5.14. The molecule has 4 heteroatoms. The molecule has 4 aliphatic rings. The van der Waals surface area contributed by atoms with E-state index in [0.29, 0.717) is 11.3 Å². The highest BCUT2D eigenvalue weighted by molar-refractivity contribution is 5.74. The molecule has 160 valence electrons. The summed E-state index contributed by atoms with van der Waals surface area (Å²) >= 11 is 0. The minimum Gasteiger partial charge on any atom is -0.477 e. The van der Waals surface area contributed by atoms with E-state index < -0.39 is 11.8 Å². The topological polar surface area (TPSA) is 77.8 Å². The molecule has 0 heterocycles. The van der Waals surface area contributed by atoms with Crippen molar-refractivity contribution >= 4 is 5.97 Å². The Morgan fingerprint density at radius 2 is 1.68 bits per heavy atom. The molecule has 3 N–H and O–H groups in total. The molecule has 0 bridgehead atoms. The van der Waals surface area contributed by atoms with E-state index in [1.807, 2.05) is 6.92 Å². The van der Waals surface area contributed by atoms with E-state index in [1.54, 1.807) is 0 Å². The van der Waals surface area contributed by atoms with Crippen LogP contribution in [0.15, 0.2) is 0 Å². The van der Waals surface area contributed by atoms with Crippen LogP contribution in [0.2, 0.25) is 0 Å². The molecule has 2 unspecified atom stereocenters. The van der Waals surface area contributed by atoms with Gasteiger partial charge in [-0.25, -0.2) is 4.79 Å². The van der Waals surface area contributed by atoms with E-state index in [2.05, 4.69) is 13.8 Å². The molecule has 4 nitrogen and oxygen atoms in total. The second-order valence-corrected chi connectivity index (χ2v) is 11.4. The number of carboxylic acids is 1. The van der Waals surface area contributed by atoms with E-state index in [-0.39, 0.29) is 17.8 Å².